The Labute approximate surface area is 140 Å². The molecule has 2 rings (SSSR count). The van der Waals surface area contributed by atoms with E-state index in [1.807, 2.05) is 0 Å². The van der Waals surface area contributed by atoms with Crippen molar-refractivity contribution < 1.29 is 24.2 Å². The topological polar surface area (TPSA) is 105 Å². The zero-order valence-electron chi connectivity index (χ0n) is 13.6. The highest BCUT2D eigenvalue weighted by atomic mass is 16.5. The summed E-state index contributed by atoms with van der Waals surface area (Å²) < 4.78 is 5.28. The zero-order valence-corrected chi connectivity index (χ0v) is 13.6. The van der Waals surface area contributed by atoms with Crippen molar-refractivity contribution in [2.45, 2.75) is 38.3 Å². The maximum atomic E-state index is 12.5. The molecule has 1 aromatic rings. The van der Waals surface area contributed by atoms with Gasteiger partial charge in [-0.25, -0.2) is 0 Å². The Morgan fingerprint density at radius 2 is 1.79 bits per heavy atom. The number of hydrogen-bond donors (Lipinski definition) is 3. The van der Waals surface area contributed by atoms with Gasteiger partial charge in [0.25, 0.3) is 5.91 Å². The minimum absolute atomic E-state index is 0.119. The van der Waals surface area contributed by atoms with Gasteiger partial charge in [-0.05, 0) is 30.5 Å². The van der Waals surface area contributed by atoms with Crippen molar-refractivity contribution in [2.75, 3.05) is 13.2 Å². The number of amides is 2. The summed E-state index contributed by atoms with van der Waals surface area (Å²) in [6.07, 6.45) is 0.833. The molecule has 7 nitrogen and oxygen atoms in total. The van der Waals surface area contributed by atoms with Gasteiger partial charge in [-0.1, -0.05) is 12.1 Å². The number of carbonyl (C=O) groups excluding carboxylic acids is 2. The molecule has 3 N–H and O–H groups in total. The molecule has 0 radical (unpaired) electrons. The van der Waals surface area contributed by atoms with Gasteiger partial charge < -0.3 is 20.5 Å². The number of carbonyl (C=O) groups is 3. The largest absolute Gasteiger partial charge is 0.481 e. The second-order valence-corrected chi connectivity index (χ2v) is 6.02. The lowest BCUT2D eigenvalue weighted by molar-refractivity contribution is -0.139. The van der Waals surface area contributed by atoms with Crippen LogP contribution in [0.4, 0.5) is 0 Å². The van der Waals surface area contributed by atoms with E-state index < -0.39 is 11.5 Å². The fourth-order valence-electron chi connectivity index (χ4n) is 2.71. The predicted molar refractivity (Wildman–Crippen MR) is 86.5 cm³/mol. The average Bonchev–Trinajstić information content (AvgIpc) is 2.53. The number of nitrogens with one attached hydrogen (secondary N) is 2. The Bertz CT molecular complexity index is 606. The second kappa shape index (κ2) is 7.92. The van der Waals surface area contributed by atoms with Gasteiger partial charge >= 0.3 is 5.97 Å². The Hall–Kier alpha value is -2.41. The van der Waals surface area contributed by atoms with Gasteiger partial charge in [0.1, 0.15) is 0 Å². The van der Waals surface area contributed by atoms with Crippen molar-refractivity contribution in [3.05, 3.63) is 35.4 Å². The number of ether oxygens (including phenoxy) is 1. The fraction of sp³-hybridized carbons (Fsp3) is 0.471. The Balaban J connectivity index is 2.03. The van der Waals surface area contributed by atoms with E-state index in [1.54, 1.807) is 24.3 Å². The van der Waals surface area contributed by atoms with Crippen LogP contribution in [0.15, 0.2) is 24.3 Å². The molecule has 0 aliphatic carbocycles. The van der Waals surface area contributed by atoms with Crippen molar-refractivity contribution >= 4 is 17.8 Å². The Morgan fingerprint density at radius 1 is 1.17 bits per heavy atom. The number of rotatable bonds is 6. The van der Waals surface area contributed by atoms with Crippen LogP contribution in [0.25, 0.3) is 0 Å². The first-order valence-corrected chi connectivity index (χ1v) is 7.86. The average molecular weight is 334 g/mol. The first-order chi connectivity index (χ1) is 11.4. The smallest absolute Gasteiger partial charge is 0.305 e. The summed E-state index contributed by atoms with van der Waals surface area (Å²) in [6.45, 7) is 2.71. The zero-order chi connectivity index (χ0) is 17.6. The van der Waals surface area contributed by atoms with E-state index >= 15 is 0 Å². The highest BCUT2D eigenvalue weighted by Crippen LogP contribution is 2.25. The lowest BCUT2D eigenvalue weighted by Crippen LogP contribution is -2.53. The fourth-order valence-corrected chi connectivity index (χ4v) is 2.71. The Morgan fingerprint density at radius 3 is 2.33 bits per heavy atom. The molecule has 0 bridgehead atoms. The van der Waals surface area contributed by atoms with E-state index in [-0.39, 0.29) is 18.2 Å². The lowest BCUT2D eigenvalue weighted by Gasteiger charge is -2.36. The van der Waals surface area contributed by atoms with Gasteiger partial charge in [-0.15, -0.1) is 0 Å². The summed E-state index contributed by atoms with van der Waals surface area (Å²) in [5.74, 6) is -1.36. The number of carboxylic acids is 1. The van der Waals surface area contributed by atoms with Gasteiger partial charge in [-0.3, -0.25) is 14.4 Å². The molecule has 0 atom stereocenters. The van der Waals surface area contributed by atoms with E-state index in [0.29, 0.717) is 38.2 Å². The summed E-state index contributed by atoms with van der Waals surface area (Å²) in [5, 5.41) is 14.7. The molecular formula is C17H22N2O5. The normalized spacial score (nSPS) is 16.2. The van der Waals surface area contributed by atoms with E-state index in [2.05, 4.69) is 10.6 Å². The number of carboxylic acid groups (broad SMARTS) is 1. The number of benzene rings is 1. The predicted octanol–water partition coefficient (Wildman–Crippen LogP) is 1.08. The van der Waals surface area contributed by atoms with E-state index in [1.165, 1.54) is 6.92 Å². The van der Waals surface area contributed by atoms with Crippen LogP contribution >= 0.6 is 0 Å². The monoisotopic (exact) mass is 334 g/mol. The molecular weight excluding hydrogens is 312 g/mol. The highest BCUT2D eigenvalue weighted by Gasteiger charge is 2.36. The molecule has 1 fully saturated rings. The van der Waals surface area contributed by atoms with Crippen LogP contribution in [-0.4, -0.2) is 41.6 Å². The van der Waals surface area contributed by atoms with Gasteiger partial charge in [0, 0.05) is 32.2 Å². The van der Waals surface area contributed by atoms with Crippen LogP contribution in [0.5, 0.6) is 0 Å². The Kier molecular flexibility index (Phi) is 5.92. The van der Waals surface area contributed by atoms with E-state index in [9.17, 15) is 14.4 Å². The summed E-state index contributed by atoms with van der Waals surface area (Å²) in [4.78, 5) is 34.5. The second-order valence-electron chi connectivity index (χ2n) is 6.02. The molecule has 7 heteroatoms. The quantitative estimate of drug-likeness (QED) is 0.722. The number of aliphatic carboxylic acids is 1. The summed E-state index contributed by atoms with van der Waals surface area (Å²) in [6, 6.07) is 6.86. The molecule has 24 heavy (non-hydrogen) atoms. The SMILES string of the molecule is CC(=O)NCc1ccc(C(=O)NC2(CC(=O)O)CCOCC2)cc1. The van der Waals surface area contributed by atoms with Gasteiger partial charge in [-0.2, -0.15) is 0 Å². The van der Waals surface area contributed by atoms with Crippen molar-refractivity contribution in [2.24, 2.45) is 0 Å². The molecule has 1 saturated heterocycles. The molecule has 0 spiro atoms. The third-order valence-electron chi connectivity index (χ3n) is 4.08. The summed E-state index contributed by atoms with van der Waals surface area (Å²) >= 11 is 0. The van der Waals surface area contributed by atoms with E-state index in [4.69, 9.17) is 9.84 Å². The number of hydrogen-bond acceptors (Lipinski definition) is 4. The standard InChI is InChI=1S/C17H22N2O5/c1-12(20)18-11-13-2-4-14(5-3-13)16(23)19-17(10-15(21)22)6-8-24-9-7-17/h2-5H,6-11H2,1H3,(H,18,20)(H,19,23)(H,21,22). The van der Waals surface area contributed by atoms with Crippen LogP contribution in [0, 0.1) is 0 Å². The molecule has 0 unspecified atom stereocenters. The highest BCUT2D eigenvalue weighted by molar-refractivity contribution is 5.95. The molecule has 1 aliphatic heterocycles. The van der Waals surface area contributed by atoms with Crippen LogP contribution in [0.1, 0.15) is 42.1 Å². The van der Waals surface area contributed by atoms with Gasteiger partial charge in [0.15, 0.2) is 0 Å². The van der Waals surface area contributed by atoms with Gasteiger partial charge in [0.05, 0.1) is 12.0 Å². The molecule has 1 heterocycles. The molecule has 0 saturated carbocycles. The van der Waals surface area contributed by atoms with Crippen LogP contribution in [0.3, 0.4) is 0 Å². The van der Waals surface area contributed by atoms with Crippen molar-refractivity contribution in [3.8, 4) is 0 Å². The lowest BCUT2D eigenvalue weighted by atomic mass is 9.86. The maximum absolute atomic E-state index is 12.5. The van der Waals surface area contributed by atoms with Crippen LogP contribution in [-0.2, 0) is 20.9 Å². The van der Waals surface area contributed by atoms with Crippen LogP contribution in [0.2, 0.25) is 0 Å². The minimum Gasteiger partial charge on any atom is -0.481 e. The molecule has 130 valence electrons. The summed E-state index contributed by atoms with van der Waals surface area (Å²) in [7, 11) is 0. The first-order valence-electron chi connectivity index (χ1n) is 7.86. The third-order valence-corrected chi connectivity index (χ3v) is 4.08. The van der Waals surface area contributed by atoms with Crippen molar-refractivity contribution in [1.82, 2.24) is 10.6 Å². The molecule has 2 amide bonds. The third kappa shape index (κ3) is 5.06. The first kappa shape index (κ1) is 17.9. The van der Waals surface area contributed by atoms with Crippen molar-refractivity contribution in [3.63, 3.8) is 0 Å². The minimum atomic E-state index is -0.942. The summed E-state index contributed by atoms with van der Waals surface area (Å²) in [5.41, 5.74) is 0.571. The van der Waals surface area contributed by atoms with Gasteiger partial charge in [0.2, 0.25) is 5.91 Å². The molecule has 0 aromatic heterocycles. The maximum Gasteiger partial charge on any atom is 0.305 e. The molecule has 1 aromatic carbocycles. The van der Waals surface area contributed by atoms with Crippen molar-refractivity contribution in [1.29, 1.82) is 0 Å². The van der Waals surface area contributed by atoms with E-state index in [0.717, 1.165) is 5.56 Å². The molecule has 1 aliphatic rings. The van der Waals surface area contributed by atoms with Crippen LogP contribution < -0.4 is 10.6 Å².